The van der Waals surface area contributed by atoms with Crippen LogP contribution in [0.15, 0.2) is 0 Å². The molecule has 2 nitrogen and oxygen atoms in total. The van der Waals surface area contributed by atoms with Crippen LogP contribution in [-0.4, -0.2) is 30.8 Å². The molecule has 0 saturated carbocycles. The molecule has 0 aliphatic carbocycles. The predicted molar refractivity (Wildman–Crippen MR) is 84.4 cm³/mol. The Hall–Kier alpha value is -0.370. The summed E-state index contributed by atoms with van der Waals surface area (Å²) >= 11 is 0. The zero-order chi connectivity index (χ0) is 15.3. The average Bonchev–Trinajstić information content (AvgIpc) is 2.21. The smallest absolute Gasteiger partial charge is 0.120 e. The maximum absolute atomic E-state index is 10.7. The Bertz CT molecular complexity index is 263. The maximum Gasteiger partial charge on any atom is 0.120 e. The van der Waals surface area contributed by atoms with Gasteiger partial charge in [0.1, 0.15) is 6.29 Å². The highest BCUT2D eigenvalue weighted by Crippen LogP contribution is 2.31. The fraction of sp³-hybridized carbons (Fsp3) is 0.941. The van der Waals surface area contributed by atoms with E-state index in [4.69, 9.17) is 0 Å². The Morgan fingerprint density at radius 1 is 1.11 bits per heavy atom. The zero-order valence-corrected chi connectivity index (χ0v) is 14.4. The van der Waals surface area contributed by atoms with Crippen LogP contribution in [0, 0.1) is 16.7 Å². The molecule has 0 aromatic carbocycles. The Morgan fingerprint density at radius 3 is 2.00 bits per heavy atom. The highest BCUT2D eigenvalue weighted by atomic mass is 16.1. The van der Waals surface area contributed by atoms with E-state index < -0.39 is 0 Å². The van der Waals surface area contributed by atoms with Crippen LogP contribution in [-0.2, 0) is 4.79 Å². The highest BCUT2D eigenvalue weighted by molar-refractivity contribution is 5.50. The van der Waals surface area contributed by atoms with Crippen molar-refractivity contribution in [2.24, 2.45) is 16.7 Å². The Morgan fingerprint density at radius 2 is 1.63 bits per heavy atom. The summed E-state index contributed by atoms with van der Waals surface area (Å²) in [5, 5.41) is 0. The van der Waals surface area contributed by atoms with Gasteiger partial charge in [0.05, 0.1) is 0 Å². The van der Waals surface area contributed by atoms with Crippen molar-refractivity contribution < 1.29 is 4.79 Å². The molecule has 0 aliphatic rings. The summed E-state index contributed by atoms with van der Waals surface area (Å²) in [7, 11) is 2.23. The van der Waals surface area contributed by atoms with Gasteiger partial charge < -0.3 is 9.69 Å². The minimum atomic E-state index is 0.121. The van der Waals surface area contributed by atoms with Crippen molar-refractivity contribution in [1.82, 2.24) is 4.90 Å². The summed E-state index contributed by atoms with van der Waals surface area (Å²) in [4.78, 5) is 13.2. The third-order valence-corrected chi connectivity index (χ3v) is 4.00. The Kier molecular flexibility index (Phi) is 7.28. The molecule has 1 atom stereocenters. The number of carbonyl (C=O) groups excluding carboxylic acids is 1. The third-order valence-electron chi connectivity index (χ3n) is 4.00. The van der Waals surface area contributed by atoms with Gasteiger partial charge >= 0.3 is 0 Å². The highest BCUT2D eigenvalue weighted by Gasteiger charge is 2.29. The molecule has 0 amide bonds. The van der Waals surface area contributed by atoms with Gasteiger partial charge in [-0.05, 0) is 43.2 Å². The van der Waals surface area contributed by atoms with Crippen molar-refractivity contribution in [2.75, 3.05) is 13.6 Å². The molecule has 1 unspecified atom stereocenters. The summed E-state index contributed by atoms with van der Waals surface area (Å²) in [6.07, 6.45) is 4.02. The van der Waals surface area contributed by atoms with Gasteiger partial charge in [-0.15, -0.1) is 0 Å². The molecule has 2 heteroatoms. The van der Waals surface area contributed by atoms with E-state index >= 15 is 0 Å². The molecule has 0 heterocycles. The molecule has 0 aliphatic heterocycles. The summed E-state index contributed by atoms with van der Waals surface area (Å²) in [6.45, 7) is 17.0. The van der Waals surface area contributed by atoms with Crippen molar-refractivity contribution in [1.29, 1.82) is 0 Å². The lowest BCUT2D eigenvalue weighted by Crippen LogP contribution is -2.43. The average molecular weight is 269 g/mol. The summed E-state index contributed by atoms with van der Waals surface area (Å²) in [5.41, 5.74) is 0.421. The van der Waals surface area contributed by atoms with Crippen molar-refractivity contribution in [3.05, 3.63) is 0 Å². The van der Waals surface area contributed by atoms with Crippen molar-refractivity contribution >= 4 is 6.29 Å². The van der Waals surface area contributed by atoms with Gasteiger partial charge in [0, 0.05) is 12.5 Å². The van der Waals surface area contributed by atoms with Crippen LogP contribution < -0.4 is 0 Å². The first-order chi connectivity index (χ1) is 8.49. The van der Waals surface area contributed by atoms with E-state index in [2.05, 4.69) is 60.4 Å². The molecule has 0 aromatic rings. The summed E-state index contributed by atoms with van der Waals surface area (Å²) in [5.74, 6) is 0.717. The molecule has 0 aromatic heterocycles. The number of nitrogens with zero attached hydrogens (tertiary/aromatic N) is 1. The minimum Gasteiger partial charge on any atom is -0.303 e. The molecule has 0 spiro atoms. The third kappa shape index (κ3) is 7.71. The second-order valence-corrected chi connectivity index (χ2v) is 8.28. The molecular weight excluding hydrogens is 234 g/mol. The number of carbonyl (C=O) groups is 1. The van der Waals surface area contributed by atoms with E-state index in [0.717, 1.165) is 25.2 Å². The van der Waals surface area contributed by atoms with Crippen LogP contribution in [0.2, 0.25) is 0 Å². The molecule has 114 valence electrons. The quantitative estimate of drug-likeness (QED) is 0.609. The lowest BCUT2D eigenvalue weighted by Gasteiger charge is -2.40. The van der Waals surface area contributed by atoms with Crippen LogP contribution in [0.25, 0.3) is 0 Å². The Labute approximate surface area is 120 Å². The van der Waals surface area contributed by atoms with Gasteiger partial charge in [0.2, 0.25) is 0 Å². The standard InChI is InChI=1S/C17H35NO/c1-14(2)13-15(16(3,4)5)18(8)11-9-17(6,7)10-12-19/h12,14-15H,9-11,13H2,1-8H3. The topological polar surface area (TPSA) is 20.3 Å². The van der Waals surface area contributed by atoms with Crippen LogP contribution in [0.1, 0.15) is 67.7 Å². The molecule has 19 heavy (non-hydrogen) atoms. The SMILES string of the molecule is CC(C)CC(N(C)CCC(C)(C)CC=O)C(C)(C)C. The molecule has 0 N–H and O–H groups in total. The largest absolute Gasteiger partial charge is 0.303 e. The summed E-state index contributed by atoms with van der Waals surface area (Å²) < 4.78 is 0. The lowest BCUT2D eigenvalue weighted by molar-refractivity contribution is -0.109. The van der Waals surface area contributed by atoms with E-state index in [1.165, 1.54) is 6.42 Å². The second kappa shape index (κ2) is 7.42. The van der Waals surface area contributed by atoms with Gasteiger partial charge in [-0.3, -0.25) is 0 Å². The molecule has 0 rings (SSSR count). The number of rotatable bonds is 8. The molecular formula is C17H35NO. The second-order valence-electron chi connectivity index (χ2n) is 8.28. The molecule has 0 radical (unpaired) electrons. The van der Waals surface area contributed by atoms with E-state index in [0.29, 0.717) is 17.9 Å². The van der Waals surface area contributed by atoms with Gasteiger partial charge in [-0.1, -0.05) is 48.5 Å². The van der Waals surface area contributed by atoms with E-state index in [-0.39, 0.29) is 5.41 Å². The first-order valence-electron chi connectivity index (χ1n) is 7.63. The normalized spacial score (nSPS) is 15.1. The van der Waals surface area contributed by atoms with E-state index in [1.54, 1.807) is 0 Å². The van der Waals surface area contributed by atoms with Crippen LogP contribution in [0.3, 0.4) is 0 Å². The zero-order valence-electron chi connectivity index (χ0n) is 14.4. The van der Waals surface area contributed by atoms with Crippen molar-refractivity contribution in [3.63, 3.8) is 0 Å². The van der Waals surface area contributed by atoms with Gasteiger partial charge in [0.15, 0.2) is 0 Å². The van der Waals surface area contributed by atoms with Gasteiger partial charge in [0.25, 0.3) is 0 Å². The lowest BCUT2D eigenvalue weighted by atomic mass is 9.80. The number of hydrogen-bond acceptors (Lipinski definition) is 2. The molecule has 0 bridgehead atoms. The van der Waals surface area contributed by atoms with E-state index in [9.17, 15) is 4.79 Å². The first kappa shape index (κ1) is 18.6. The predicted octanol–water partition coefficient (Wildman–Crippen LogP) is 4.38. The fourth-order valence-electron chi connectivity index (χ4n) is 2.60. The van der Waals surface area contributed by atoms with E-state index in [1.807, 2.05) is 0 Å². The van der Waals surface area contributed by atoms with Gasteiger partial charge in [-0.25, -0.2) is 0 Å². The van der Waals surface area contributed by atoms with Crippen LogP contribution >= 0.6 is 0 Å². The number of hydrogen-bond donors (Lipinski definition) is 0. The van der Waals surface area contributed by atoms with Crippen molar-refractivity contribution in [3.8, 4) is 0 Å². The van der Waals surface area contributed by atoms with Crippen molar-refractivity contribution in [2.45, 2.75) is 73.8 Å². The molecule has 0 fully saturated rings. The van der Waals surface area contributed by atoms with Crippen LogP contribution in [0.4, 0.5) is 0 Å². The Balaban J connectivity index is 4.57. The maximum atomic E-state index is 10.7. The van der Waals surface area contributed by atoms with Gasteiger partial charge in [-0.2, -0.15) is 0 Å². The number of aldehydes is 1. The minimum absolute atomic E-state index is 0.121. The summed E-state index contributed by atoms with van der Waals surface area (Å²) in [6, 6.07) is 0.597. The first-order valence-corrected chi connectivity index (χ1v) is 7.63. The molecule has 0 saturated heterocycles. The monoisotopic (exact) mass is 269 g/mol. The van der Waals surface area contributed by atoms with Crippen LogP contribution in [0.5, 0.6) is 0 Å². The fourth-order valence-corrected chi connectivity index (χ4v) is 2.60.